The van der Waals surface area contributed by atoms with Crippen LogP contribution in [0, 0.1) is 5.92 Å². The van der Waals surface area contributed by atoms with Crippen LogP contribution in [0.15, 0.2) is 25.3 Å². The summed E-state index contributed by atoms with van der Waals surface area (Å²) in [5, 5.41) is 9.68. The summed E-state index contributed by atoms with van der Waals surface area (Å²) in [6, 6.07) is 0. The highest BCUT2D eigenvalue weighted by atomic mass is 28.4. The fraction of sp³-hybridized carbons (Fsp3) is 0.750. The fourth-order valence-corrected chi connectivity index (χ4v) is 3.13. The molecule has 0 aromatic carbocycles. The molecule has 0 aromatic heterocycles. The summed E-state index contributed by atoms with van der Waals surface area (Å²) >= 11 is 0. The molecule has 0 fully saturated rings. The van der Waals surface area contributed by atoms with Gasteiger partial charge in [-0.2, -0.15) is 0 Å². The average molecular weight is 285 g/mol. The second kappa shape index (κ2) is 8.03. The summed E-state index contributed by atoms with van der Waals surface area (Å²) in [6.45, 7) is 18.9. The molecule has 0 rings (SSSR count). The molecule has 0 spiro atoms. The van der Waals surface area contributed by atoms with Gasteiger partial charge in [-0.25, -0.2) is 0 Å². The van der Waals surface area contributed by atoms with E-state index in [1.54, 1.807) is 0 Å². The van der Waals surface area contributed by atoms with Crippen molar-refractivity contribution in [1.29, 1.82) is 0 Å². The van der Waals surface area contributed by atoms with Crippen LogP contribution in [0.1, 0.15) is 40.0 Å². The minimum Gasteiger partial charge on any atom is -0.413 e. The van der Waals surface area contributed by atoms with E-state index in [1.165, 1.54) is 0 Å². The molecule has 19 heavy (non-hydrogen) atoms. The summed E-state index contributed by atoms with van der Waals surface area (Å²) in [7, 11) is -1.81. The highest BCUT2D eigenvalue weighted by molar-refractivity contribution is 6.74. The van der Waals surface area contributed by atoms with Crippen molar-refractivity contribution in [2.45, 2.75) is 64.3 Å². The quantitative estimate of drug-likeness (QED) is 0.383. The Kier molecular flexibility index (Phi) is 7.87. The Morgan fingerprint density at radius 3 is 2.21 bits per heavy atom. The lowest BCUT2D eigenvalue weighted by Gasteiger charge is -2.41. The molecule has 2 nitrogen and oxygen atoms in total. The van der Waals surface area contributed by atoms with E-state index >= 15 is 0 Å². The Morgan fingerprint density at radius 2 is 1.84 bits per heavy atom. The number of unbranched alkanes of at least 4 members (excludes halogenated alkanes) is 1. The Bertz CT molecular complexity index is 279. The van der Waals surface area contributed by atoms with Crippen molar-refractivity contribution in [3.8, 4) is 0 Å². The molecule has 0 radical (unpaired) electrons. The van der Waals surface area contributed by atoms with Crippen molar-refractivity contribution in [3.05, 3.63) is 25.3 Å². The van der Waals surface area contributed by atoms with E-state index in [-0.39, 0.29) is 23.7 Å². The summed E-state index contributed by atoms with van der Waals surface area (Å²) in [4.78, 5) is 0. The van der Waals surface area contributed by atoms with Crippen LogP contribution >= 0.6 is 0 Å². The van der Waals surface area contributed by atoms with E-state index in [2.05, 4.69) is 47.0 Å². The van der Waals surface area contributed by atoms with Gasteiger partial charge >= 0.3 is 0 Å². The zero-order valence-corrected chi connectivity index (χ0v) is 14.4. The monoisotopic (exact) mass is 284 g/mol. The van der Waals surface area contributed by atoms with Gasteiger partial charge in [0.2, 0.25) is 0 Å². The Morgan fingerprint density at radius 1 is 1.26 bits per heavy atom. The standard InChI is InChI=1S/C16H32O2Si/c1-8-10-11-12-15(14(9-2)13-17)18-19(6,7)16(3,4)5/h8-9,14-15,17H,1-2,10-13H2,3-7H3/t14-,15-/m1/s1. The van der Waals surface area contributed by atoms with Crippen LogP contribution in [0.4, 0.5) is 0 Å². The Labute approximate surface area is 120 Å². The van der Waals surface area contributed by atoms with Gasteiger partial charge < -0.3 is 9.53 Å². The third-order valence-electron chi connectivity index (χ3n) is 4.14. The lowest BCUT2D eigenvalue weighted by Crippen LogP contribution is -2.46. The molecule has 2 atom stereocenters. The van der Waals surface area contributed by atoms with Crippen molar-refractivity contribution in [3.63, 3.8) is 0 Å². The van der Waals surface area contributed by atoms with Crippen molar-refractivity contribution in [2.24, 2.45) is 5.92 Å². The second-order valence-electron chi connectivity index (χ2n) is 6.72. The normalized spacial score (nSPS) is 15.9. The van der Waals surface area contributed by atoms with Crippen LogP contribution in [0.5, 0.6) is 0 Å². The van der Waals surface area contributed by atoms with Gasteiger partial charge in [0, 0.05) is 5.92 Å². The number of rotatable bonds is 9. The first kappa shape index (κ1) is 18.6. The molecular formula is C16H32O2Si. The maximum absolute atomic E-state index is 9.50. The molecule has 112 valence electrons. The molecule has 0 bridgehead atoms. The van der Waals surface area contributed by atoms with Crippen molar-refractivity contribution < 1.29 is 9.53 Å². The molecule has 1 N–H and O–H groups in total. The van der Waals surface area contributed by atoms with Gasteiger partial charge in [-0.3, -0.25) is 0 Å². The molecule has 3 heteroatoms. The van der Waals surface area contributed by atoms with Gasteiger partial charge in [0.05, 0.1) is 12.7 Å². The first-order chi connectivity index (χ1) is 8.69. The largest absolute Gasteiger partial charge is 0.413 e. The maximum atomic E-state index is 9.50. The molecular weight excluding hydrogens is 252 g/mol. The van der Waals surface area contributed by atoms with Gasteiger partial charge in [-0.05, 0) is 37.4 Å². The van der Waals surface area contributed by atoms with E-state index in [0.29, 0.717) is 0 Å². The van der Waals surface area contributed by atoms with E-state index in [9.17, 15) is 5.11 Å². The maximum Gasteiger partial charge on any atom is 0.192 e. The topological polar surface area (TPSA) is 29.5 Å². The summed E-state index contributed by atoms with van der Waals surface area (Å²) in [5.74, 6) is 0.0268. The third kappa shape index (κ3) is 6.06. The van der Waals surface area contributed by atoms with Crippen LogP contribution in [-0.2, 0) is 4.43 Å². The first-order valence-electron chi connectivity index (χ1n) is 7.21. The number of aliphatic hydroxyl groups is 1. The first-order valence-corrected chi connectivity index (χ1v) is 10.1. The lowest BCUT2D eigenvalue weighted by molar-refractivity contribution is 0.0913. The summed E-state index contributed by atoms with van der Waals surface area (Å²) in [6.07, 6.45) is 6.83. The number of hydrogen-bond acceptors (Lipinski definition) is 2. The molecule has 0 heterocycles. The zero-order chi connectivity index (χ0) is 15.1. The number of aliphatic hydroxyl groups excluding tert-OH is 1. The molecule has 0 aliphatic rings. The third-order valence-corrected chi connectivity index (χ3v) is 8.64. The predicted molar refractivity (Wildman–Crippen MR) is 86.9 cm³/mol. The van der Waals surface area contributed by atoms with Gasteiger partial charge in [0.25, 0.3) is 0 Å². The minimum atomic E-state index is -1.81. The highest BCUT2D eigenvalue weighted by Crippen LogP contribution is 2.38. The van der Waals surface area contributed by atoms with Crippen LogP contribution in [0.2, 0.25) is 18.1 Å². The molecule has 0 unspecified atom stereocenters. The lowest BCUT2D eigenvalue weighted by atomic mass is 9.99. The SMILES string of the molecule is C=CCCC[C@@H](O[Si](C)(C)C(C)(C)C)[C@H](C=C)CO. The van der Waals surface area contributed by atoms with Gasteiger partial charge in [-0.1, -0.05) is 32.9 Å². The summed E-state index contributed by atoms with van der Waals surface area (Å²) in [5.41, 5.74) is 0. The zero-order valence-electron chi connectivity index (χ0n) is 13.4. The van der Waals surface area contributed by atoms with Gasteiger partial charge in [0.1, 0.15) is 0 Å². The smallest absolute Gasteiger partial charge is 0.192 e. The molecule has 0 saturated heterocycles. The average Bonchev–Trinajstić information content (AvgIpc) is 2.28. The number of hydrogen-bond donors (Lipinski definition) is 1. The predicted octanol–water partition coefficient (Wildman–Crippen LogP) is 4.53. The molecule has 0 amide bonds. The molecule has 0 aliphatic carbocycles. The van der Waals surface area contributed by atoms with Gasteiger partial charge in [0.15, 0.2) is 8.32 Å². The van der Waals surface area contributed by atoms with Crippen LogP contribution in [0.3, 0.4) is 0 Å². The Hall–Kier alpha value is -0.383. The highest BCUT2D eigenvalue weighted by Gasteiger charge is 2.40. The van der Waals surface area contributed by atoms with Gasteiger partial charge in [-0.15, -0.1) is 13.2 Å². The fourth-order valence-electron chi connectivity index (χ4n) is 1.72. The van der Waals surface area contributed by atoms with Crippen molar-refractivity contribution in [2.75, 3.05) is 6.61 Å². The van der Waals surface area contributed by atoms with Crippen LogP contribution < -0.4 is 0 Å². The van der Waals surface area contributed by atoms with E-state index in [0.717, 1.165) is 19.3 Å². The van der Waals surface area contributed by atoms with Crippen molar-refractivity contribution >= 4 is 8.32 Å². The minimum absolute atomic E-state index is 0.0268. The molecule has 0 aliphatic heterocycles. The molecule has 0 saturated carbocycles. The van der Waals surface area contributed by atoms with Crippen molar-refractivity contribution in [1.82, 2.24) is 0 Å². The van der Waals surface area contributed by atoms with E-state index in [4.69, 9.17) is 4.43 Å². The van der Waals surface area contributed by atoms with Crippen LogP contribution in [-0.4, -0.2) is 26.1 Å². The number of allylic oxidation sites excluding steroid dienone is 1. The van der Waals surface area contributed by atoms with E-state index < -0.39 is 8.32 Å². The second-order valence-corrected chi connectivity index (χ2v) is 11.5. The summed E-state index contributed by atoms with van der Waals surface area (Å²) < 4.78 is 6.47. The van der Waals surface area contributed by atoms with Crippen LogP contribution in [0.25, 0.3) is 0 Å². The molecule has 0 aromatic rings. The Balaban J connectivity index is 4.83. The van der Waals surface area contributed by atoms with E-state index in [1.807, 2.05) is 12.2 Å².